The van der Waals surface area contributed by atoms with Crippen molar-refractivity contribution in [2.75, 3.05) is 14.2 Å². The summed E-state index contributed by atoms with van der Waals surface area (Å²) in [6, 6.07) is 16.8. The van der Waals surface area contributed by atoms with Gasteiger partial charge in [0.2, 0.25) is 0 Å². The number of likely N-dealkylation sites (N-methyl/N-ethyl adjacent to an activating group) is 1. The number of benzene rings is 2. The van der Waals surface area contributed by atoms with Gasteiger partial charge >= 0.3 is 0 Å². The maximum absolute atomic E-state index is 6.21. The van der Waals surface area contributed by atoms with Crippen LogP contribution < -0.4 is 10.1 Å². The van der Waals surface area contributed by atoms with E-state index in [1.165, 1.54) is 18.4 Å². The van der Waals surface area contributed by atoms with E-state index in [9.17, 15) is 0 Å². The molecule has 1 atom stereocenters. The second-order valence-corrected chi connectivity index (χ2v) is 6.07. The van der Waals surface area contributed by atoms with Crippen molar-refractivity contribution in [1.29, 1.82) is 0 Å². The molecule has 0 bridgehead atoms. The van der Waals surface area contributed by atoms with Crippen molar-refractivity contribution in [3.8, 4) is 5.75 Å². The van der Waals surface area contributed by atoms with Crippen LogP contribution in [0.4, 0.5) is 0 Å². The van der Waals surface area contributed by atoms with Gasteiger partial charge in [0.1, 0.15) is 5.75 Å². The van der Waals surface area contributed by atoms with Crippen molar-refractivity contribution in [2.45, 2.75) is 24.3 Å². The summed E-state index contributed by atoms with van der Waals surface area (Å²) in [5, 5.41) is 4.23. The maximum atomic E-state index is 6.21. The molecule has 1 fully saturated rings. The van der Waals surface area contributed by atoms with Gasteiger partial charge in [-0.3, -0.25) is 0 Å². The highest BCUT2D eigenvalue weighted by molar-refractivity contribution is 6.30. The lowest BCUT2D eigenvalue weighted by atomic mass is 9.83. The molecule has 1 N–H and O–H groups in total. The quantitative estimate of drug-likeness (QED) is 0.887. The molecule has 3 heteroatoms. The van der Waals surface area contributed by atoms with Crippen LogP contribution in [-0.2, 0) is 5.41 Å². The largest absolute Gasteiger partial charge is 0.496 e. The van der Waals surface area contributed by atoms with Gasteiger partial charge in [0, 0.05) is 22.0 Å². The summed E-state index contributed by atoms with van der Waals surface area (Å²) in [5.74, 6) is 0.890. The standard InChI is InChI=1S/C18H20ClNO/c1-20-17(15-12-14(19)8-9-16(15)21-2)18(10-11-18)13-6-4-3-5-7-13/h3-9,12,17,20H,10-11H2,1-2H3. The smallest absolute Gasteiger partial charge is 0.123 e. The van der Waals surface area contributed by atoms with Crippen LogP contribution in [0.15, 0.2) is 48.5 Å². The average molecular weight is 302 g/mol. The second kappa shape index (κ2) is 5.70. The Hall–Kier alpha value is -1.51. The molecular weight excluding hydrogens is 282 g/mol. The van der Waals surface area contributed by atoms with Crippen molar-refractivity contribution in [3.63, 3.8) is 0 Å². The van der Waals surface area contributed by atoms with Crippen LogP contribution in [0.2, 0.25) is 5.02 Å². The van der Waals surface area contributed by atoms with Crippen molar-refractivity contribution in [1.82, 2.24) is 5.32 Å². The molecule has 110 valence electrons. The average Bonchev–Trinajstić information content (AvgIpc) is 3.31. The molecule has 0 heterocycles. The Morgan fingerprint density at radius 3 is 2.43 bits per heavy atom. The van der Waals surface area contributed by atoms with E-state index in [1.54, 1.807) is 7.11 Å². The molecule has 0 aliphatic heterocycles. The molecule has 21 heavy (non-hydrogen) atoms. The molecule has 1 unspecified atom stereocenters. The van der Waals surface area contributed by atoms with Crippen LogP contribution in [-0.4, -0.2) is 14.2 Å². The topological polar surface area (TPSA) is 21.3 Å². The monoisotopic (exact) mass is 301 g/mol. The van der Waals surface area contributed by atoms with Gasteiger partial charge in [-0.2, -0.15) is 0 Å². The van der Waals surface area contributed by atoms with Gasteiger partial charge in [-0.05, 0) is 43.7 Å². The lowest BCUT2D eigenvalue weighted by molar-refractivity contribution is 0.386. The predicted octanol–water partition coefficient (Wildman–Crippen LogP) is 4.34. The first-order chi connectivity index (χ1) is 10.2. The zero-order valence-corrected chi connectivity index (χ0v) is 13.2. The SMILES string of the molecule is CNC(c1cc(Cl)ccc1OC)C1(c2ccccc2)CC1. The molecule has 3 rings (SSSR count). The highest BCUT2D eigenvalue weighted by atomic mass is 35.5. The number of halogens is 1. The van der Waals surface area contributed by atoms with Gasteiger partial charge in [-0.15, -0.1) is 0 Å². The van der Waals surface area contributed by atoms with E-state index in [4.69, 9.17) is 16.3 Å². The number of hydrogen-bond acceptors (Lipinski definition) is 2. The summed E-state index contributed by atoms with van der Waals surface area (Å²) >= 11 is 6.21. The molecule has 2 aromatic carbocycles. The Morgan fingerprint density at radius 1 is 1.14 bits per heavy atom. The number of hydrogen-bond donors (Lipinski definition) is 1. The number of ether oxygens (including phenoxy) is 1. The third-order valence-corrected chi connectivity index (χ3v) is 4.72. The summed E-state index contributed by atoms with van der Waals surface area (Å²) < 4.78 is 5.54. The minimum atomic E-state index is 0.147. The summed E-state index contributed by atoms with van der Waals surface area (Å²) in [5.41, 5.74) is 2.66. The minimum Gasteiger partial charge on any atom is -0.496 e. The van der Waals surface area contributed by atoms with Crippen molar-refractivity contribution >= 4 is 11.6 Å². The van der Waals surface area contributed by atoms with Gasteiger partial charge in [0.25, 0.3) is 0 Å². The van der Waals surface area contributed by atoms with E-state index in [-0.39, 0.29) is 11.5 Å². The van der Waals surface area contributed by atoms with E-state index < -0.39 is 0 Å². The number of nitrogens with one attached hydrogen (secondary N) is 1. The van der Waals surface area contributed by atoms with Gasteiger partial charge in [0.15, 0.2) is 0 Å². The highest BCUT2D eigenvalue weighted by Crippen LogP contribution is 2.57. The fourth-order valence-electron chi connectivity index (χ4n) is 3.31. The molecule has 1 saturated carbocycles. The van der Waals surface area contributed by atoms with Crippen molar-refractivity contribution in [3.05, 3.63) is 64.7 Å². The van der Waals surface area contributed by atoms with Crippen LogP contribution in [0, 0.1) is 0 Å². The molecule has 1 aliphatic carbocycles. The van der Waals surface area contributed by atoms with Crippen molar-refractivity contribution in [2.24, 2.45) is 0 Å². The normalized spacial score (nSPS) is 17.3. The zero-order chi connectivity index (χ0) is 14.9. The molecule has 0 aromatic heterocycles. The summed E-state index contributed by atoms with van der Waals surface area (Å²) in [4.78, 5) is 0. The first-order valence-electron chi connectivity index (χ1n) is 7.27. The minimum absolute atomic E-state index is 0.147. The third kappa shape index (κ3) is 2.54. The third-order valence-electron chi connectivity index (χ3n) is 4.48. The Bertz CT molecular complexity index is 622. The van der Waals surface area contributed by atoms with Gasteiger partial charge < -0.3 is 10.1 Å². The zero-order valence-electron chi connectivity index (χ0n) is 12.4. The lowest BCUT2D eigenvalue weighted by Gasteiger charge is -2.29. The molecule has 1 aliphatic rings. The van der Waals surface area contributed by atoms with Crippen LogP contribution >= 0.6 is 11.6 Å². The van der Waals surface area contributed by atoms with E-state index in [0.29, 0.717) is 0 Å². The number of rotatable bonds is 5. The fourth-order valence-corrected chi connectivity index (χ4v) is 3.49. The van der Waals surface area contributed by atoms with E-state index in [1.807, 2.05) is 25.2 Å². The maximum Gasteiger partial charge on any atom is 0.123 e. The Kier molecular flexibility index (Phi) is 3.92. The van der Waals surface area contributed by atoms with Crippen LogP contribution in [0.25, 0.3) is 0 Å². The van der Waals surface area contributed by atoms with E-state index >= 15 is 0 Å². The molecule has 0 spiro atoms. The van der Waals surface area contributed by atoms with E-state index in [2.05, 4.69) is 35.6 Å². The second-order valence-electron chi connectivity index (χ2n) is 5.63. The Labute approximate surface area is 131 Å². The molecule has 0 amide bonds. The molecule has 0 radical (unpaired) electrons. The Morgan fingerprint density at radius 2 is 1.86 bits per heavy atom. The van der Waals surface area contributed by atoms with Crippen LogP contribution in [0.1, 0.15) is 30.0 Å². The summed E-state index contributed by atoms with van der Waals surface area (Å²) in [7, 11) is 3.72. The van der Waals surface area contributed by atoms with Crippen LogP contribution in [0.5, 0.6) is 5.75 Å². The van der Waals surface area contributed by atoms with Gasteiger partial charge in [-0.1, -0.05) is 41.9 Å². The molecule has 0 saturated heterocycles. The van der Waals surface area contributed by atoms with Gasteiger partial charge in [-0.25, -0.2) is 0 Å². The van der Waals surface area contributed by atoms with Crippen molar-refractivity contribution < 1.29 is 4.74 Å². The fraction of sp³-hybridized carbons (Fsp3) is 0.333. The molecular formula is C18H20ClNO. The predicted molar refractivity (Wildman–Crippen MR) is 87.2 cm³/mol. The molecule has 2 nitrogen and oxygen atoms in total. The first-order valence-corrected chi connectivity index (χ1v) is 7.65. The first kappa shape index (κ1) is 14.4. The van der Waals surface area contributed by atoms with E-state index in [0.717, 1.165) is 16.3 Å². The number of methoxy groups -OCH3 is 1. The Balaban J connectivity index is 2.05. The van der Waals surface area contributed by atoms with Crippen LogP contribution in [0.3, 0.4) is 0 Å². The summed E-state index contributed by atoms with van der Waals surface area (Å²) in [6.07, 6.45) is 2.36. The molecule has 2 aromatic rings. The lowest BCUT2D eigenvalue weighted by Crippen LogP contribution is -2.30. The summed E-state index contributed by atoms with van der Waals surface area (Å²) in [6.45, 7) is 0. The highest BCUT2D eigenvalue weighted by Gasteiger charge is 2.51. The van der Waals surface area contributed by atoms with Gasteiger partial charge in [0.05, 0.1) is 7.11 Å².